The molecule has 1 saturated heterocycles. The fourth-order valence-electron chi connectivity index (χ4n) is 3.30. The van der Waals surface area contributed by atoms with Crippen LogP contribution in [0.5, 0.6) is 0 Å². The van der Waals surface area contributed by atoms with Crippen LogP contribution in [0.3, 0.4) is 0 Å². The number of imidazole rings is 1. The van der Waals surface area contributed by atoms with Crippen LogP contribution in [-0.4, -0.2) is 41.3 Å². The van der Waals surface area contributed by atoms with E-state index >= 15 is 0 Å². The Bertz CT molecular complexity index is 714. The molecule has 0 radical (unpaired) electrons. The highest BCUT2D eigenvalue weighted by Crippen LogP contribution is 2.25. The average Bonchev–Trinajstić information content (AvgIpc) is 2.93. The van der Waals surface area contributed by atoms with Gasteiger partial charge in [0.15, 0.2) is 0 Å². The molecule has 2 N–H and O–H groups in total. The normalized spacial score (nSPS) is 17.2. The second-order valence-electron chi connectivity index (χ2n) is 6.16. The Hall–Kier alpha value is -1.34. The summed E-state index contributed by atoms with van der Waals surface area (Å²) in [4.78, 5) is 17.4. The Balaban J connectivity index is 0.00000156. The van der Waals surface area contributed by atoms with E-state index in [1.54, 1.807) is 7.11 Å². The minimum atomic E-state index is -0.732. The Morgan fingerprint density at radius 1 is 1.32 bits per heavy atom. The molecule has 1 fully saturated rings. The number of benzene rings is 1. The lowest BCUT2D eigenvalue weighted by Gasteiger charge is -2.35. The zero-order valence-corrected chi connectivity index (χ0v) is 16.4. The largest absolute Gasteiger partial charge is 0.368 e. The zero-order valence-electron chi connectivity index (χ0n) is 14.7. The molecule has 1 unspecified atom stereocenters. The van der Waals surface area contributed by atoms with Gasteiger partial charge in [0.25, 0.3) is 5.91 Å². The first-order valence-corrected chi connectivity index (χ1v) is 8.05. The third-order valence-electron chi connectivity index (χ3n) is 4.77. The van der Waals surface area contributed by atoms with Crippen molar-refractivity contribution >= 4 is 41.8 Å². The Labute approximate surface area is 160 Å². The van der Waals surface area contributed by atoms with Gasteiger partial charge in [-0.3, -0.25) is 4.79 Å². The van der Waals surface area contributed by atoms with Crippen molar-refractivity contribution in [3.8, 4) is 0 Å². The first-order valence-electron chi connectivity index (χ1n) is 8.05. The van der Waals surface area contributed by atoms with Crippen LogP contribution in [0.2, 0.25) is 0 Å². The van der Waals surface area contributed by atoms with Crippen molar-refractivity contribution in [2.24, 2.45) is 7.05 Å². The van der Waals surface area contributed by atoms with Crippen molar-refractivity contribution in [1.29, 1.82) is 0 Å². The second-order valence-corrected chi connectivity index (χ2v) is 6.16. The van der Waals surface area contributed by atoms with E-state index < -0.39 is 5.60 Å². The molecule has 1 atom stereocenters. The van der Waals surface area contributed by atoms with E-state index in [-0.39, 0.29) is 36.8 Å². The highest BCUT2D eigenvalue weighted by molar-refractivity contribution is 5.86. The molecule has 0 bridgehead atoms. The highest BCUT2D eigenvalue weighted by Gasteiger charge is 2.40. The second kappa shape index (κ2) is 8.85. The van der Waals surface area contributed by atoms with Crippen molar-refractivity contribution < 1.29 is 9.53 Å². The lowest BCUT2D eigenvalue weighted by molar-refractivity contribution is -0.147. The van der Waals surface area contributed by atoms with Gasteiger partial charge >= 0.3 is 0 Å². The molecule has 1 aromatic heterocycles. The quantitative estimate of drug-likeness (QED) is 0.843. The molecule has 1 aliphatic heterocycles. The van der Waals surface area contributed by atoms with Gasteiger partial charge in [0, 0.05) is 14.2 Å². The number of methoxy groups -OCH3 is 1. The summed E-state index contributed by atoms with van der Waals surface area (Å²) in [7, 11) is 3.59. The molecule has 8 heteroatoms. The summed E-state index contributed by atoms with van der Waals surface area (Å²) in [6, 6.07) is 7.80. The van der Waals surface area contributed by atoms with E-state index in [4.69, 9.17) is 4.74 Å². The molecule has 0 spiro atoms. The number of nitrogens with zero attached hydrogens (tertiary/aromatic N) is 2. The smallest absolute Gasteiger partial charge is 0.252 e. The molecule has 0 saturated carbocycles. The highest BCUT2D eigenvalue weighted by atomic mass is 35.5. The number of rotatable bonds is 4. The maximum absolute atomic E-state index is 12.8. The number of carbonyl (C=O) groups is 1. The van der Waals surface area contributed by atoms with E-state index in [0.717, 1.165) is 29.9 Å². The molecule has 1 aromatic carbocycles. The van der Waals surface area contributed by atoms with Crippen LogP contribution in [-0.2, 0) is 16.6 Å². The van der Waals surface area contributed by atoms with Crippen molar-refractivity contribution in [2.45, 2.75) is 31.4 Å². The number of hydrogen-bond donors (Lipinski definition) is 2. The predicted molar refractivity (Wildman–Crippen MR) is 104 cm³/mol. The zero-order chi connectivity index (χ0) is 16.4. The minimum Gasteiger partial charge on any atom is -0.368 e. The van der Waals surface area contributed by atoms with E-state index in [1.165, 1.54) is 0 Å². The number of piperidine rings is 1. The molecule has 1 amide bonds. The van der Waals surface area contributed by atoms with Gasteiger partial charge in [-0.1, -0.05) is 12.1 Å². The molecule has 2 aromatic rings. The van der Waals surface area contributed by atoms with Gasteiger partial charge in [0.05, 0.1) is 17.1 Å². The molecule has 1 aliphatic rings. The number of nitrogens with one attached hydrogen (secondary N) is 2. The Morgan fingerprint density at radius 3 is 2.56 bits per heavy atom. The lowest BCUT2D eigenvalue weighted by Crippen LogP contribution is -2.54. The number of para-hydroxylation sites is 2. The molecule has 140 valence electrons. The van der Waals surface area contributed by atoms with Crippen LogP contribution in [0, 0.1) is 0 Å². The number of amides is 1. The molecule has 6 nitrogen and oxygen atoms in total. The van der Waals surface area contributed by atoms with Crippen molar-refractivity contribution in [2.75, 3.05) is 20.2 Å². The summed E-state index contributed by atoms with van der Waals surface area (Å²) < 4.78 is 7.62. The topological polar surface area (TPSA) is 68.2 Å². The number of aryl methyl sites for hydroxylation is 1. The summed E-state index contributed by atoms with van der Waals surface area (Å²) in [6.45, 7) is 3.55. The van der Waals surface area contributed by atoms with E-state index in [1.807, 2.05) is 42.8 Å². The van der Waals surface area contributed by atoms with Crippen molar-refractivity contribution in [3.63, 3.8) is 0 Å². The maximum atomic E-state index is 12.8. The first-order chi connectivity index (χ1) is 11.1. The van der Waals surface area contributed by atoms with Gasteiger partial charge in [-0.15, -0.1) is 24.8 Å². The van der Waals surface area contributed by atoms with Gasteiger partial charge in [-0.2, -0.15) is 0 Å². The maximum Gasteiger partial charge on any atom is 0.252 e. The molecule has 25 heavy (non-hydrogen) atoms. The molecule has 0 aliphatic carbocycles. The number of fused-ring (bicyclic) bond motifs is 1. The van der Waals surface area contributed by atoms with E-state index in [9.17, 15) is 4.79 Å². The molecular weight excluding hydrogens is 363 g/mol. The predicted octanol–water partition coefficient (Wildman–Crippen LogP) is 2.36. The van der Waals surface area contributed by atoms with E-state index in [2.05, 4.69) is 15.6 Å². The first kappa shape index (κ1) is 21.7. The molecule has 3 rings (SSSR count). The van der Waals surface area contributed by atoms with Crippen molar-refractivity contribution in [3.05, 3.63) is 30.1 Å². The van der Waals surface area contributed by atoms with Crippen LogP contribution < -0.4 is 10.6 Å². The summed E-state index contributed by atoms with van der Waals surface area (Å²) in [5, 5.41) is 6.35. The lowest BCUT2D eigenvalue weighted by atomic mass is 9.91. The third kappa shape index (κ3) is 4.08. The van der Waals surface area contributed by atoms with Crippen LogP contribution in [0.1, 0.15) is 31.6 Å². The number of halogens is 2. The fourth-order valence-corrected chi connectivity index (χ4v) is 3.30. The standard InChI is InChI=1S/C17H24N4O2.2ClH/c1-12(15-20-13-6-4-5-7-14(13)21(15)2)19-16(22)17(23-3)8-10-18-11-9-17;;/h4-7,12,18H,8-11H2,1-3H3,(H,19,22);2*1H. The SMILES string of the molecule is COC1(C(=O)NC(C)c2nc3ccccc3n2C)CCNCC1.Cl.Cl. The van der Waals surface area contributed by atoms with Crippen LogP contribution >= 0.6 is 24.8 Å². The monoisotopic (exact) mass is 388 g/mol. The van der Waals surface area contributed by atoms with Crippen molar-refractivity contribution in [1.82, 2.24) is 20.2 Å². The average molecular weight is 389 g/mol. The number of hydrogen-bond acceptors (Lipinski definition) is 4. The summed E-state index contributed by atoms with van der Waals surface area (Å²) in [5.74, 6) is 0.792. The van der Waals surface area contributed by atoms with Crippen LogP contribution in [0.15, 0.2) is 24.3 Å². The number of carbonyl (C=O) groups excluding carboxylic acids is 1. The number of ether oxygens (including phenoxy) is 1. The van der Waals surface area contributed by atoms with Gasteiger partial charge < -0.3 is 19.9 Å². The summed E-state index contributed by atoms with van der Waals surface area (Å²) >= 11 is 0. The summed E-state index contributed by atoms with van der Waals surface area (Å²) in [5.41, 5.74) is 1.27. The molecule has 2 heterocycles. The van der Waals surface area contributed by atoms with Gasteiger partial charge in [-0.05, 0) is 45.0 Å². The minimum absolute atomic E-state index is 0. The fraction of sp³-hybridized carbons (Fsp3) is 0.529. The van der Waals surface area contributed by atoms with Gasteiger partial charge in [-0.25, -0.2) is 4.98 Å². The third-order valence-corrected chi connectivity index (χ3v) is 4.77. The van der Waals surface area contributed by atoms with E-state index in [0.29, 0.717) is 12.8 Å². The van der Waals surface area contributed by atoms with Gasteiger partial charge in [0.2, 0.25) is 0 Å². The van der Waals surface area contributed by atoms with Gasteiger partial charge in [0.1, 0.15) is 11.4 Å². The Morgan fingerprint density at radius 2 is 1.96 bits per heavy atom. The molecular formula is C17H26Cl2N4O2. The van der Waals surface area contributed by atoms with Crippen LogP contribution in [0.4, 0.5) is 0 Å². The van der Waals surface area contributed by atoms with Crippen LogP contribution in [0.25, 0.3) is 11.0 Å². The Kier molecular flexibility index (Phi) is 7.68. The summed E-state index contributed by atoms with van der Waals surface area (Å²) in [6.07, 6.45) is 1.37. The number of aromatic nitrogens is 2.